The van der Waals surface area contributed by atoms with E-state index in [-0.39, 0.29) is 18.3 Å². The molecule has 4 bridgehead atoms. The van der Waals surface area contributed by atoms with Crippen molar-refractivity contribution < 1.29 is 4.79 Å². The molecule has 0 aromatic carbocycles. The molecule has 1 aromatic heterocycles. The maximum absolute atomic E-state index is 13.1. The van der Waals surface area contributed by atoms with Gasteiger partial charge in [0.25, 0.3) is 5.91 Å². The Morgan fingerprint density at radius 2 is 1.73 bits per heavy atom. The Labute approximate surface area is 161 Å². The number of piperidine rings is 1. The van der Waals surface area contributed by atoms with Crippen molar-refractivity contribution in [3.63, 3.8) is 0 Å². The maximum atomic E-state index is 13.1. The molecule has 1 N–H and O–H groups in total. The van der Waals surface area contributed by atoms with Crippen LogP contribution < -0.4 is 5.32 Å². The number of amides is 1. The summed E-state index contributed by atoms with van der Waals surface area (Å²) in [5, 5.41) is 11.9. The van der Waals surface area contributed by atoms with E-state index in [1.807, 2.05) is 22.8 Å². The Kier molecular flexibility index (Phi) is 4.99. The Balaban J connectivity index is 0.00000168. The number of halogens is 1. The molecule has 1 aromatic rings. The summed E-state index contributed by atoms with van der Waals surface area (Å²) < 4.78 is 1.92. The summed E-state index contributed by atoms with van der Waals surface area (Å²) in [5.74, 6) is 3.36. The van der Waals surface area contributed by atoms with Crippen molar-refractivity contribution >= 4 is 18.3 Å². The van der Waals surface area contributed by atoms with Crippen molar-refractivity contribution in [3.05, 3.63) is 11.9 Å². The fourth-order valence-corrected chi connectivity index (χ4v) is 6.47. The number of carbonyl (C=O) groups excluding carboxylic acids is 1. The summed E-state index contributed by atoms with van der Waals surface area (Å²) in [6.45, 7) is 2.03. The van der Waals surface area contributed by atoms with Crippen molar-refractivity contribution in [1.29, 1.82) is 0 Å². The summed E-state index contributed by atoms with van der Waals surface area (Å²) in [5.41, 5.74) is 0.523. The lowest BCUT2D eigenvalue weighted by Crippen LogP contribution is -2.56. The molecule has 7 heteroatoms. The first-order valence-electron chi connectivity index (χ1n) is 10.1. The highest BCUT2D eigenvalue weighted by Crippen LogP contribution is 2.55. The van der Waals surface area contributed by atoms with Gasteiger partial charge in [0.15, 0.2) is 5.69 Å². The third-order valence-corrected chi connectivity index (χ3v) is 7.36. The summed E-state index contributed by atoms with van der Waals surface area (Å²) in [6, 6.07) is 0.797. The van der Waals surface area contributed by atoms with Crippen LogP contribution in [0.1, 0.15) is 61.5 Å². The first-order valence-corrected chi connectivity index (χ1v) is 10.1. The molecule has 0 unspecified atom stereocenters. The minimum Gasteiger partial charge on any atom is -0.337 e. The Hall–Kier alpha value is -1.14. The van der Waals surface area contributed by atoms with E-state index in [4.69, 9.17) is 0 Å². The summed E-state index contributed by atoms with van der Waals surface area (Å²) in [4.78, 5) is 15.1. The second kappa shape index (κ2) is 7.12. The number of carbonyl (C=O) groups is 1. The van der Waals surface area contributed by atoms with Gasteiger partial charge in [0.2, 0.25) is 0 Å². The lowest BCUT2D eigenvalue weighted by molar-refractivity contribution is -0.0492. The molecule has 5 aliphatic rings. The van der Waals surface area contributed by atoms with Crippen molar-refractivity contribution in [2.75, 3.05) is 20.1 Å². The number of rotatable bonds is 3. The highest BCUT2D eigenvalue weighted by atomic mass is 35.5. The molecule has 6 rings (SSSR count). The summed E-state index contributed by atoms with van der Waals surface area (Å²) in [6.07, 6.45) is 10.8. The van der Waals surface area contributed by atoms with Crippen LogP contribution in [0.4, 0.5) is 0 Å². The monoisotopic (exact) mass is 379 g/mol. The smallest absolute Gasteiger partial charge is 0.276 e. The topological polar surface area (TPSA) is 63.1 Å². The molecule has 1 aliphatic heterocycles. The minimum atomic E-state index is 0. The molecule has 4 saturated carbocycles. The van der Waals surface area contributed by atoms with Gasteiger partial charge >= 0.3 is 0 Å². The van der Waals surface area contributed by atoms with Gasteiger partial charge in [-0.05, 0) is 81.7 Å². The van der Waals surface area contributed by atoms with Crippen LogP contribution >= 0.6 is 12.4 Å². The SMILES string of the molecule is CN(C(=O)c1cn(C2CCNCC2)nn1)C1C2CC3CC(C2)CC1C3.Cl. The zero-order valence-electron chi connectivity index (χ0n) is 15.5. The van der Waals surface area contributed by atoms with Gasteiger partial charge in [-0.25, -0.2) is 4.68 Å². The molecule has 26 heavy (non-hydrogen) atoms. The Bertz CT molecular complexity index is 628. The zero-order chi connectivity index (χ0) is 17.0. The lowest BCUT2D eigenvalue weighted by atomic mass is 9.54. The van der Waals surface area contributed by atoms with E-state index in [9.17, 15) is 4.79 Å². The lowest BCUT2D eigenvalue weighted by Gasteiger charge is -2.56. The van der Waals surface area contributed by atoms with E-state index in [0.29, 0.717) is 29.6 Å². The van der Waals surface area contributed by atoms with Crippen molar-refractivity contribution in [3.8, 4) is 0 Å². The molecule has 0 spiro atoms. The van der Waals surface area contributed by atoms with Crippen LogP contribution in [0.3, 0.4) is 0 Å². The average Bonchev–Trinajstić information content (AvgIpc) is 3.11. The fraction of sp³-hybridized carbons (Fsp3) is 0.842. The van der Waals surface area contributed by atoms with Gasteiger partial charge in [-0.1, -0.05) is 5.21 Å². The number of hydrogen-bond acceptors (Lipinski definition) is 4. The van der Waals surface area contributed by atoms with Crippen molar-refractivity contribution in [2.24, 2.45) is 23.7 Å². The van der Waals surface area contributed by atoms with E-state index >= 15 is 0 Å². The molecule has 5 fully saturated rings. The van der Waals surface area contributed by atoms with Crippen LogP contribution in [-0.4, -0.2) is 52.0 Å². The molecule has 1 saturated heterocycles. The second-order valence-electron chi connectivity index (χ2n) is 8.90. The molecular formula is C19H30ClN5O. The number of hydrogen-bond donors (Lipinski definition) is 1. The third-order valence-electron chi connectivity index (χ3n) is 7.36. The largest absolute Gasteiger partial charge is 0.337 e. The molecule has 0 radical (unpaired) electrons. The van der Waals surface area contributed by atoms with Crippen LogP contribution in [0.15, 0.2) is 6.20 Å². The van der Waals surface area contributed by atoms with Gasteiger partial charge in [-0.2, -0.15) is 0 Å². The van der Waals surface area contributed by atoms with E-state index < -0.39 is 0 Å². The highest BCUT2D eigenvalue weighted by molar-refractivity contribution is 5.92. The van der Waals surface area contributed by atoms with Gasteiger partial charge < -0.3 is 10.2 Å². The van der Waals surface area contributed by atoms with Gasteiger partial charge in [-0.3, -0.25) is 4.79 Å². The number of aromatic nitrogens is 3. The average molecular weight is 380 g/mol. The predicted molar refractivity (Wildman–Crippen MR) is 101 cm³/mol. The Morgan fingerprint density at radius 1 is 1.12 bits per heavy atom. The molecule has 2 heterocycles. The van der Waals surface area contributed by atoms with E-state index in [1.165, 1.54) is 32.1 Å². The Morgan fingerprint density at radius 3 is 2.35 bits per heavy atom. The first kappa shape index (κ1) is 18.2. The second-order valence-corrected chi connectivity index (χ2v) is 8.90. The van der Waals surface area contributed by atoms with Gasteiger partial charge in [0.1, 0.15) is 0 Å². The van der Waals surface area contributed by atoms with Gasteiger partial charge in [0, 0.05) is 13.1 Å². The standard InChI is InChI=1S/C19H29N5O.ClH/c1-23(18-14-7-12-6-13(9-14)10-15(18)8-12)19(25)17-11-24(22-21-17)16-2-4-20-5-3-16;/h11-16,18,20H,2-10H2,1H3;1H. The normalized spacial score (nSPS) is 36.0. The van der Waals surface area contributed by atoms with E-state index in [0.717, 1.165) is 37.8 Å². The number of nitrogens with zero attached hydrogens (tertiary/aromatic N) is 4. The maximum Gasteiger partial charge on any atom is 0.276 e. The van der Waals surface area contributed by atoms with E-state index in [1.54, 1.807) is 0 Å². The quantitative estimate of drug-likeness (QED) is 0.876. The third kappa shape index (κ3) is 3.05. The molecule has 4 aliphatic carbocycles. The van der Waals surface area contributed by atoms with Crippen LogP contribution in [0, 0.1) is 23.7 Å². The predicted octanol–water partition coefficient (Wildman–Crippen LogP) is 2.52. The van der Waals surface area contributed by atoms with Crippen LogP contribution in [0.2, 0.25) is 0 Å². The van der Waals surface area contributed by atoms with Crippen LogP contribution in [0.5, 0.6) is 0 Å². The molecule has 0 atom stereocenters. The first-order chi connectivity index (χ1) is 12.2. The fourth-order valence-electron chi connectivity index (χ4n) is 6.47. The molecule has 1 amide bonds. The van der Waals surface area contributed by atoms with Crippen LogP contribution in [0.25, 0.3) is 0 Å². The summed E-state index contributed by atoms with van der Waals surface area (Å²) >= 11 is 0. The number of nitrogens with one attached hydrogen (secondary N) is 1. The van der Waals surface area contributed by atoms with Crippen molar-refractivity contribution in [2.45, 2.75) is 57.0 Å². The summed E-state index contributed by atoms with van der Waals surface area (Å²) in [7, 11) is 2.00. The highest BCUT2D eigenvalue weighted by Gasteiger charge is 2.50. The molecule has 6 nitrogen and oxygen atoms in total. The zero-order valence-corrected chi connectivity index (χ0v) is 16.3. The molecule has 144 valence electrons. The van der Waals surface area contributed by atoms with Gasteiger partial charge in [-0.15, -0.1) is 17.5 Å². The molecular weight excluding hydrogens is 350 g/mol. The van der Waals surface area contributed by atoms with Crippen molar-refractivity contribution in [1.82, 2.24) is 25.2 Å². The van der Waals surface area contributed by atoms with Crippen LogP contribution in [-0.2, 0) is 0 Å². The van der Waals surface area contributed by atoms with E-state index in [2.05, 4.69) is 15.6 Å². The minimum absolute atomic E-state index is 0. The van der Waals surface area contributed by atoms with Gasteiger partial charge in [0.05, 0.1) is 12.2 Å².